The monoisotopic (exact) mass is 440 g/mol. The van der Waals surface area contributed by atoms with Crippen LogP contribution in [0.3, 0.4) is 0 Å². The van der Waals surface area contributed by atoms with Crippen LogP contribution in [0.15, 0.2) is 48.5 Å². The van der Waals surface area contributed by atoms with Crippen LogP contribution in [0.1, 0.15) is 49.4 Å². The lowest BCUT2D eigenvalue weighted by Gasteiger charge is -2.06. The maximum Gasteiger partial charge on any atom is 0.269 e. The molecule has 0 aliphatic carbocycles. The van der Waals surface area contributed by atoms with Crippen molar-refractivity contribution < 1.29 is 14.5 Å². The summed E-state index contributed by atoms with van der Waals surface area (Å²) in [6.45, 7) is 2.91. The number of benzene rings is 2. The summed E-state index contributed by atoms with van der Waals surface area (Å²) >= 11 is 1.25. The predicted octanol–water partition coefficient (Wildman–Crippen LogP) is 5.71. The van der Waals surface area contributed by atoms with Crippen LogP contribution < -0.4 is 10.1 Å². The molecule has 3 aromatic rings. The molecule has 0 aliphatic heterocycles. The number of nitrogens with one attached hydrogen (secondary N) is 1. The van der Waals surface area contributed by atoms with Crippen molar-refractivity contribution >= 4 is 28.1 Å². The molecule has 0 fully saturated rings. The topological polar surface area (TPSA) is 107 Å². The number of unbranched alkanes of at least 4 members (excludes halogenated alkanes) is 4. The van der Waals surface area contributed by atoms with Gasteiger partial charge in [-0.25, -0.2) is 0 Å². The molecule has 162 valence electrons. The number of rotatable bonds is 11. The first-order valence-electron chi connectivity index (χ1n) is 10.2. The van der Waals surface area contributed by atoms with Crippen LogP contribution in [0.4, 0.5) is 10.8 Å². The van der Waals surface area contributed by atoms with Crippen molar-refractivity contribution in [1.29, 1.82) is 0 Å². The molecule has 0 bridgehead atoms. The minimum atomic E-state index is -0.511. The van der Waals surface area contributed by atoms with Gasteiger partial charge in [0.2, 0.25) is 5.13 Å². The largest absolute Gasteiger partial charge is 0.494 e. The lowest BCUT2D eigenvalue weighted by molar-refractivity contribution is -0.384. The maximum atomic E-state index is 12.3. The summed E-state index contributed by atoms with van der Waals surface area (Å²) in [5.74, 6) is 0.413. The average Bonchev–Trinajstić information content (AvgIpc) is 3.25. The van der Waals surface area contributed by atoms with Crippen molar-refractivity contribution in [3.05, 3.63) is 64.2 Å². The summed E-state index contributed by atoms with van der Waals surface area (Å²) in [5.41, 5.74) is 1.11. The van der Waals surface area contributed by atoms with E-state index >= 15 is 0 Å². The number of nitro benzene ring substituents is 1. The molecule has 2 aromatic carbocycles. The molecule has 8 nitrogen and oxygen atoms in total. The molecular formula is C22H24N4O4S. The van der Waals surface area contributed by atoms with Crippen molar-refractivity contribution in [1.82, 2.24) is 10.2 Å². The van der Waals surface area contributed by atoms with Crippen LogP contribution in [0.5, 0.6) is 5.75 Å². The van der Waals surface area contributed by atoms with Crippen LogP contribution in [0.2, 0.25) is 0 Å². The fourth-order valence-electron chi connectivity index (χ4n) is 2.88. The number of aromatic nitrogens is 2. The first-order chi connectivity index (χ1) is 15.1. The molecule has 0 saturated carbocycles. The highest BCUT2D eigenvalue weighted by atomic mass is 32.1. The van der Waals surface area contributed by atoms with Gasteiger partial charge in [0.25, 0.3) is 11.6 Å². The first-order valence-corrected chi connectivity index (χ1v) is 11.0. The number of carbonyl (C=O) groups is 1. The number of carbonyl (C=O) groups excluding carboxylic acids is 1. The maximum absolute atomic E-state index is 12.3. The van der Waals surface area contributed by atoms with Crippen molar-refractivity contribution in [2.45, 2.75) is 39.0 Å². The lowest BCUT2D eigenvalue weighted by atomic mass is 10.2. The number of ether oxygens (including phenoxy) is 1. The third-order valence-corrected chi connectivity index (χ3v) is 5.49. The van der Waals surface area contributed by atoms with E-state index in [9.17, 15) is 14.9 Å². The number of non-ortho nitro benzene ring substituents is 1. The van der Waals surface area contributed by atoms with Crippen LogP contribution in [0.25, 0.3) is 10.6 Å². The van der Waals surface area contributed by atoms with Gasteiger partial charge in [0.1, 0.15) is 10.8 Å². The molecule has 1 heterocycles. The number of nitrogens with zero attached hydrogens (tertiary/aromatic N) is 3. The van der Waals surface area contributed by atoms with Gasteiger partial charge in [0.05, 0.1) is 11.5 Å². The van der Waals surface area contributed by atoms with Crippen LogP contribution in [0, 0.1) is 10.1 Å². The standard InChI is InChI=1S/C22H24N4O4S/c1-2-3-4-5-6-15-30-19-13-9-17(10-14-19)21-24-25-22(31-21)23-20(27)16-7-11-18(12-8-16)26(28)29/h7-14H,2-6,15H2,1H3,(H,23,25,27). The van der Waals surface area contributed by atoms with E-state index in [0.717, 1.165) is 17.7 Å². The van der Waals surface area contributed by atoms with Crippen LogP contribution in [-0.4, -0.2) is 27.6 Å². The SMILES string of the molecule is CCCCCCCOc1ccc(-c2nnc(NC(=O)c3ccc([N+](=O)[O-])cc3)s2)cc1. The average molecular weight is 441 g/mol. The second-order valence-electron chi connectivity index (χ2n) is 6.96. The van der Waals surface area contributed by atoms with Gasteiger partial charge < -0.3 is 4.74 Å². The fourth-order valence-corrected chi connectivity index (χ4v) is 3.63. The Hall–Kier alpha value is -3.33. The Labute approximate surface area is 184 Å². The second-order valence-corrected chi connectivity index (χ2v) is 7.94. The van der Waals surface area contributed by atoms with Crippen molar-refractivity contribution in [3.8, 4) is 16.3 Å². The van der Waals surface area contributed by atoms with Gasteiger partial charge in [-0.3, -0.25) is 20.2 Å². The molecule has 1 N–H and O–H groups in total. The van der Waals surface area contributed by atoms with E-state index in [1.165, 1.54) is 61.3 Å². The van der Waals surface area contributed by atoms with E-state index in [1.54, 1.807) is 0 Å². The quantitative estimate of drug-likeness (QED) is 0.232. The van der Waals surface area contributed by atoms with E-state index in [1.807, 2.05) is 24.3 Å². The first kappa shape index (κ1) is 22.4. The molecule has 1 amide bonds. The Balaban J connectivity index is 1.53. The molecular weight excluding hydrogens is 416 g/mol. The zero-order chi connectivity index (χ0) is 22.1. The Bertz CT molecular complexity index is 1000. The van der Waals surface area contributed by atoms with Crippen molar-refractivity contribution in [2.75, 3.05) is 11.9 Å². The third-order valence-electron chi connectivity index (χ3n) is 4.60. The summed E-state index contributed by atoms with van der Waals surface area (Å²) in [4.78, 5) is 22.5. The predicted molar refractivity (Wildman–Crippen MR) is 121 cm³/mol. The summed E-state index contributed by atoms with van der Waals surface area (Å²) in [6, 6.07) is 13.0. The minimum Gasteiger partial charge on any atom is -0.494 e. The Kier molecular flexibility index (Phi) is 8.05. The van der Waals surface area contributed by atoms with Crippen molar-refractivity contribution in [3.63, 3.8) is 0 Å². The van der Waals surface area contributed by atoms with E-state index in [-0.39, 0.29) is 5.69 Å². The summed E-state index contributed by atoms with van der Waals surface area (Å²) < 4.78 is 5.78. The number of anilines is 1. The second kappa shape index (κ2) is 11.2. The zero-order valence-corrected chi connectivity index (χ0v) is 18.1. The molecule has 1 aromatic heterocycles. The van der Waals surface area contributed by atoms with E-state index in [2.05, 4.69) is 22.4 Å². The van der Waals surface area contributed by atoms with Crippen LogP contribution >= 0.6 is 11.3 Å². The van der Waals surface area contributed by atoms with Gasteiger partial charge in [0.15, 0.2) is 0 Å². The summed E-state index contributed by atoms with van der Waals surface area (Å²) in [6.07, 6.45) is 5.99. The lowest BCUT2D eigenvalue weighted by Crippen LogP contribution is -2.11. The van der Waals surface area contributed by atoms with Gasteiger partial charge in [-0.05, 0) is 42.8 Å². The summed E-state index contributed by atoms with van der Waals surface area (Å²) in [5, 5.41) is 22.5. The van der Waals surface area contributed by atoms with Gasteiger partial charge in [-0.2, -0.15) is 0 Å². The van der Waals surface area contributed by atoms with Crippen molar-refractivity contribution in [2.24, 2.45) is 0 Å². The zero-order valence-electron chi connectivity index (χ0n) is 17.2. The molecule has 3 rings (SSSR count). The molecule has 31 heavy (non-hydrogen) atoms. The minimum absolute atomic E-state index is 0.0707. The number of nitro groups is 1. The highest BCUT2D eigenvalue weighted by Crippen LogP contribution is 2.28. The Morgan fingerprint density at radius 2 is 1.74 bits per heavy atom. The Morgan fingerprint density at radius 1 is 1.03 bits per heavy atom. The molecule has 0 spiro atoms. The van der Waals surface area contributed by atoms with E-state index < -0.39 is 10.8 Å². The van der Waals surface area contributed by atoms with E-state index in [0.29, 0.717) is 22.3 Å². The molecule has 0 saturated heterocycles. The normalized spacial score (nSPS) is 10.6. The van der Waals surface area contributed by atoms with Crippen LogP contribution in [-0.2, 0) is 0 Å². The molecule has 0 unspecified atom stereocenters. The van der Waals surface area contributed by atoms with Gasteiger partial charge >= 0.3 is 0 Å². The Morgan fingerprint density at radius 3 is 2.42 bits per heavy atom. The molecule has 0 atom stereocenters. The van der Waals surface area contributed by atoms with Gasteiger partial charge in [0, 0.05) is 23.3 Å². The smallest absolute Gasteiger partial charge is 0.269 e. The highest BCUT2D eigenvalue weighted by Gasteiger charge is 2.13. The van der Waals surface area contributed by atoms with Gasteiger partial charge in [-0.1, -0.05) is 43.9 Å². The van der Waals surface area contributed by atoms with Gasteiger partial charge in [-0.15, -0.1) is 10.2 Å². The fraction of sp³-hybridized carbons (Fsp3) is 0.318. The number of amides is 1. The number of hydrogen-bond donors (Lipinski definition) is 1. The third kappa shape index (κ3) is 6.58. The molecule has 0 radical (unpaired) electrons. The number of hydrogen-bond acceptors (Lipinski definition) is 7. The highest BCUT2D eigenvalue weighted by molar-refractivity contribution is 7.18. The van der Waals surface area contributed by atoms with E-state index in [4.69, 9.17) is 4.74 Å². The summed E-state index contributed by atoms with van der Waals surface area (Å²) in [7, 11) is 0. The molecule has 0 aliphatic rings. The molecule has 9 heteroatoms.